The molecular weight excluding hydrogens is 496 g/mol. The Labute approximate surface area is 217 Å². The minimum atomic E-state index is -3.89. The Bertz CT molecular complexity index is 1170. The summed E-state index contributed by atoms with van der Waals surface area (Å²) in [5.74, 6) is -1.96. The number of hydrogen-bond acceptors (Lipinski definition) is 6. The van der Waals surface area contributed by atoms with Crippen molar-refractivity contribution in [3.8, 4) is 0 Å². The van der Waals surface area contributed by atoms with Crippen LogP contribution in [-0.4, -0.2) is 60.8 Å². The van der Waals surface area contributed by atoms with Gasteiger partial charge in [0, 0.05) is 25.1 Å². The second-order valence-corrected chi connectivity index (χ2v) is 10.9. The number of carbonyl (C=O) groups excluding carboxylic acids is 2. The van der Waals surface area contributed by atoms with E-state index < -0.39 is 34.0 Å². The molecule has 3 rings (SSSR count). The first kappa shape index (κ1) is 28.3. The van der Waals surface area contributed by atoms with Crippen LogP contribution in [-0.2, 0) is 30.8 Å². The molecule has 1 fully saturated rings. The number of sulfonamides is 1. The highest BCUT2D eigenvalue weighted by Crippen LogP contribution is 2.26. The van der Waals surface area contributed by atoms with E-state index in [4.69, 9.17) is 5.73 Å². The zero-order valence-electron chi connectivity index (χ0n) is 20.6. The normalized spacial score (nSPS) is 16.7. The predicted octanol–water partition coefficient (Wildman–Crippen LogP) is 2.11. The van der Waals surface area contributed by atoms with Crippen LogP contribution in [0.2, 0.25) is 0 Å². The van der Waals surface area contributed by atoms with Crippen molar-refractivity contribution in [1.82, 2.24) is 9.62 Å². The van der Waals surface area contributed by atoms with Gasteiger partial charge in [-0.25, -0.2) is 13.2 Å². The topological polar surface area (TPSA) is 159 Å². The maximum Gasteiger partial charge on any atom is 0.326 e. The van der Waals surface area contributed by atoms with Crippen molar-refractivity contribution in [1.29, 1.82) is 0 Å². The van der Waals surface area contributed by atoms with E-state index in [2.05, 4.69) is 10.6 Å². The van der Waals surface area contributed by atoms with E-state index in [1.807, 2.05) is 0 Å². The first-order valence-electron chi connectivity index (χ1n) is 12.4. The van der Waals surface area contributed by atoms with Crippen LogP contribution in [0.25, 0.3) is 0 Å². The summed E-state index contributed by atoms with van der Waals surface area (Å²) in [5.41, 5.74) is 6.69. The first-order chi connectivity index (χ1) is 17.7. The Morgan fingerprint density at radius 2 is 1.73 bits per heavy atom. The van der Waals surface area contributed by atoms with Crippen LogP contribution < -0.4 is 16.4 Å². The number of anilines is 1. The quantitative estimate of drug-likeness (QED) is 0.289. The van der Waals surface area contributed by atoms with Gasteiger partial charge in [0.2, 0.25) is 21.8 Å². The second kappa shape index (κ2) is 13.3. The number of aliphatic carboxylic acids is 1. The molecule has 0 saturated carbocycles. The Balaban J connectivity index is 1.60. The van der Waals surface area contributed by atoms with Crippen molar-refractivity contribution < 1.29 is 27.9 Å². The van der Waals surface area contributed by atoms with Gasteiger partial charge in [0.15, 0.2) is 0 Å². The number of hydrogen-bond donors (Lipinski definition) is 4. The zero-order chi connectivity index (χ0) is 26.8. The average Bonchev–Trinajstić information content (AvgIpc) is 3.39. The van der Waals surface area contributed by atoms with Gasteiger partial charge in [-0.3, -0.25) is 9.59 Å². The summed E-state index contributed by atoms with van der Waals surface area (Å²) in [6.45, 7) is 0.791. The van der Waals surface area contributed by atoms with Gasteiger partial charge in [0.1, 0.15) is 12.1 Å². The van der Waals surface area contributed by atoms with E-state index in [1.165, 1.54) is 12.1 Å². The molecule has 1 unspecified atom stereocenters. The van der Waals surface area contributed by atoms with Crippen LogP contribution in [0.15, 0.2) is 59.5 Å². The molecule has 0 aliphatic carbocycles. The number of nitrogens with zero attached hydrogens (tertiary/aromatic N) is 1. The van der Waals surface area contributed by atoms with Gasteiger partial charge in [-0.05, 0) is 62.1 Å². The summed E-state index contributed by atoms with van der Waals surface area (Å²) < 4.78 is 27.2. The molecule has 37 heavy (non-hydrogen) atoms. The monoisotopic (exact) mass is 530 g/mol. The lowest BCUT2D eigenvalue weighted by Crippen LogP contribution is -2.51. The van der Waals surface area contributed by atoms with Crippen molar-refractivity contribution in [2.75, 3.05) is 18.4 Å². The van der Waals surface area contributed by atoms with E-state index in [1.54, 1.807) is 42.5 Å². The summed E-state index contributed by atoms with van der Waals surface area (Å²) >= 11 is 0. The second-order valence-electron chi connectivity index (χ2n) is 9.03. The molecule has 2 amide bonds. The van der Waals surface area contributed by atoms with Crippen LogP contribution >= 0.6 is 0 Å². The highest BCUT2D eigenvalue weighted by Gasteiger charge is 2.40. The number of carboxylic acids is 1. The summed E-state index contributed by atoms with van der Waals surface area (Å²) in [6, 6.07) is 12.4. The highest BCUT2D eigenvalue weighted by atomic mass is 32.2. The SMILES string of the molecule is NCCCCCC(=O)Nc1ccc(CC(NC(=O)[C@@H]2CCCN2S(=O)(=O)c2ccccc2)C(=O)O)cc1. The molecule has 10 nitrogen and oxygen atoms in total. The van der Waals surface area contributed by atoms with Crippen LogP contribution in [0.5, 0.6) is 0 Å². The highest BCUT2D eigenvalue weighted by molar-refractivity contribution is 7.89. The lowest BCUT2D eigenvalue weighted by molar-refractivity contribution is -0.142. The van der Waals surface area contributed by atoms with Gasteiger partial charge < -0.3 is 21.5 Å². The van der Waals surface area contributed by atoms with Crippen molar-refractivity contribution in [3.63, 3.8) is 0 Å². The number of benzene rings is 2. The summed E-state index contributed by atoms with van der Waals surface area (Å²) in [7, 11) is -3.89. The Kier molecular flexibility index (Phi) is 10.2. The third kappa shape index (κ3) is 7.85. The molecule has 1 saturated heterocycles. The summed E-state index contributed by atoms with van der Waals surface area (Å²) in [5, 5.41) is 15.0. The fraction of sp³-hybridized carbons (Fsp3) is 0.423. The van der Waals surface area contributed by atoms with E-state index in [0.29, 0.717) is 37.1 Å². The van der Waals surface area contributed by atoms with Crippen molar-refractivity contribution in [3.05, 3.63) is 60.2 Å². The van der Waals surface area contributed by atoms with Crippen LogP contribution in [0.1, 0.15) is 44.1 Å². The minimum Gasteiger partial charge on any atom is -0.480 e. The number of carboxylic acid groups (broad SMARTS) is 1. The van der Waals surface area contributed by atoms with E-state index in [-0.39, 0.29) is 23.8 Å². The van der Waals surface area contributed by atoms with Crippen LogP contribution in [0.4, 0.5) is 5.69 Å². The third-order valence-corrected chi connectivity index (χ3v) is 8.18. The number of nitrogens with one attached hydrogen (secondary N) is 2. The molecule has 2 aromatic rings. The number of nitrogens with two attached hydrogens (primary N) is 1. The number of rotatable bonds is 13. The largest absolute Gasteiger partial charge is 0.480 e. The van der Waals surface area contributed by atoms with Crippen molar-refractivity contribution >= 4 is 33.5 Å². The molecule has 2 atom stereocenters. The van der Waals surface area contributed by atoms with Crippen molar-refractivity contribution in [2.45, 2.75) is 61.9 Å². The van der Waals surface area contributed by atoms with Gasteiger partial charge in [-0.1, -0.05) is 36.8 Å². The Hall–Kier alpha value is -3.28. The van der Waals surface area contributed by atoms with Crippen molar-refractivity contribution in [2.24, 2.45) is 5.73 Å². The molecular formula is C26H34N4O6S. The smallest absolute Gasteiger partial charge is 0.326 e. The fourth-order valence-corrected chi connectivity index (χ4v) is 5.95. The molecule has 1 aliphatic rings. The molecule has 1 heterocycles. The van der Waals surface area contributed by atoms with Gasteiger partial charge >= 0.3 is 5.97 Å². The lowest BCUT2D eigenvalue weighted by Gasteiger charge is -2.25. The van der Waals surface area contributed by atoms with Gasteiger partial charge in [-0.2, -0.15) is 4.31 Å². The predicted molar refractivity (Wildman–Crippen MR) is 139 cm³/mol. The standard InChI is InChI=1S/C26H34N4O6S/c27-16-6-2-5-11-24(31)28-20-14-12-19(13-15-20)18-22(26(33)34)29-25(32)23-10-7-17-30(23)37(35,36)21-8-3-1-4-9-21/h1,3-4,8-9,12-15,22-23H,2,5-7,10-11,16-18,27H2,(H,28,31)(H,29,32)(H,33,34)/t22?,23-/m0/s1. The summed E-state index contributed by atoms with van der Waals surface area (Å²) in [6.07, 6.45) is 3.74. The summed E-state index contributed by atoms with van der Waals surface area (Å²) in [4.78, 5) is 37.0. The fourth-order valence-electron chi connectivity index (χ4n) is 4.28. The lowest BCUT2D eigenvalue weighted by atomic mass is 10.0. The number of carbonyl (C=O) groups is 3. The molecule has 200 valence electrons. The van der Waals surface area contributed by atoms with Gasteiger partial charge in [0.25, 0.3) is 0 Å². The van der Waals surface area contributed by atoms with Gasteiger partial charge in [0.05, 0.1) is 4.90 Å². The molecule has 1 aliphatic heterocycles. The maximum atomic E-state index is 13.1. The zero-order valence-corrected chi connectivity index (χ0v) is 21.5. The molecule has 0 aromatic heterocycles. The van der Waals surface area contributed by atoms with Gasteiger partial charge in [-0.15, -0.1) is 0 Å². The molecule has 0 bridgehead atoms. The van der Waals surface area contributed by atoms with E-state index in [9.17, 15) is 27.9 Å². The number of amides is 2. The molecule has 0 spiro atoms. The maximum absolute atomic E-state index is 13.1. The first-order valence-corrected chi connectivity index (χ1v) is 13.9. The molecule has 11 heteroatoms. The Morgan fingerprint density at radius 1 is 1.03 bits per heavy atom. The number of unbranched alkanes of at least 4 members (excludes halogenated alkanes) is 2. The third-order valence-electron chi connectivity index (χ3n) is 6.26. The molecule has 2 aromatic carbocycles. The molecule has 5 N–H and O–H groups in total. The Morgan fingerprint density at radius 3 is 2.38 bits per heavy atom. The van der Waals surface area contributed by atoms with E-state index in [0.717, 1.165) is 23.6 Å². The van der Waals surface area contributed by atoms with Crippen LogP contribution in [0, 0.1) is 0 Å². The van der Waals surface area contributed by atoms with E-state index >= 15 is 0 Å². The minimum absolute atomic E-state index is 0.00649. The molecule has 0 radical (unpaired) electrons. The van der Waals surface area contributed by atoms with Crippen LogP contribution in [0.3, 0.4) is 0 Å². The average molecular weight is 531 g/mol.